The van der Waals surface area contributed by atoms with Crippen LogP contribution in [0.1, 0.15) is 61.9 Å². The molecule has 2 aliphatic rings. The van der Waals surface area contributed by atoms with Crippen LogP contribution in [0.3, 0.4) is 0 Å². The fraction of sp³-hybridized carbons (Fsp3) is 0.542. The van der Waals surface area contributed by atoms with Crippen LogP contribution >= 0.6 is 0 Å². The Kier molecular flexibility index (Phi) is 6.93. The molecule has 13 heteroatoms. The predicted octanol–water partition coefficient (Wildman–Crippen LogP) is 2.71. The molecule has 202 valence electrons. The Hall–Kier alpha value is -2.90. The molecule has 1 fully saturated rings. The number of halogens is 2. The number of carboxylic acid groups (broad SMARTS) is 1. The highest BCUT2D eigenvalue weighted by Gasteiger charge is 2.49. The van der Waals surface area contributed by atoms with Crippen molar-refractivity contribution in [2.24, 2.45) is 5.92 Å². The van der Waals surface area contributed by atoms with Gasteiger partial charge in [0.1, 0.15) is 23.3 Å². The number of nitrogens with zero attached hydrogens (tertiary/aromatic N) is 3. The van der Waals surface area contributed by atoms with Crippen LogP contribution in [0.15, 0.2) is 18.2 Å². The molecule has 1 unspecified atom stereocenters. The molecule has 1 aromatic heterocycles. The third-order valence-electron chi connectivity index (χ3n) is 6.46. The van der Waals surface area contributed by atoms with Crippen LogP contribution in [-0.2, 0) is 35.6 Å². The van der Waals surface area contributed by atoms with Crippen LogP contribution in [0.25, 0.3) is 0 Å². The van der Waals surface area contributed by atoms with Crippen molar-refractivity contribution in [3.8, 4) is 0 Å². The molecule has 0 aliphatic carbocycles. The van der Waals surface area contributed by atoms with Crippen LogP contribution < -0.4 is 0 Å². The second-order valence-corrected chi connectivity index (χ2v) is 12.2. The molecule has 0 radical (unpaired) electrons. The Morgan fingerprint density at radius 1 is 1.24 bits per heavy atom. The lowest BCUT2D eigenvalue weighted by Gasteiger charge is -2.41. The standard InChI is InChI=1S/C24H29F2N3O7S/c1-12-19-18(29(27-12)37(5,33)34)10-28(20(19)22(30)31)14-9-16(23(32)36-24(2,3)4)21(35-11-14)15-8-13(25)6-7-17(15)26/h6-8,14,16,20-21H,9-11H2,1-5H3,(H,30,31)/t14-,16+,20?,21+/m1/s1. The lowest BCUT2D eigenvalue weighted by Crippen LogP contribution is -2.48. The van der Waals surface area contributed by atoms with Gasteiger partial charge in [0, 0.05) is 23.7 Å². The first kappa shape index (κ1) is 27.1. The Balaban J connectivity index is 1.71. The van der Waals surface area contributed by atoms with Gasteiger partial charge in [-0.1, -0.05) is 0 Å². The van der Waals surface area contributed by atoms with E-state index in [1.807, 2.05) is 0 Å². The van der Waals surface area contributed by atoms with Crippen molar-refractivity contribution in [3.05, 3.63) is 52.3 Å². The van der Waals surface area contributed by atoms with Gasteiger partial charge in [-0.3, -0.25) is 14.5 Å². The molecule has 1 aromatic carbocycles. The molecule has 1 N–H and O–H groups in total. The topological polar surface area (TPSA) is 128 Å². The minimum Gasteiger partial charge on any atom is -0.480 e. The van der Waals surface area contributed by atoms with E-state index in [4.69, 9.17) is 9.47 Å². The highest BCUT2D eigenvalue weighted by atomic mass is 32.2. The van der Waals surface area contributed by atoms with Crippen LogP contribution in [0.5, 0.6) is 0 Å². The molecule has 2 aliphatic heterocycles. The number of fused-ring (bicyclic) bond motifs is 1. The van der Waals surface area contributed by atoms with E-state index >= 15 is 0 Å². The summed E-state index contributed by atoms with van der Waals surface area (Å²) in [4.78, 5) is 27.1. The van der Waals surface area contributed by atoms with Gasteiger partial charge in [0.05, 0.1) is 36.3 Å². The predicted molar refractivity (Wildman–Crippen MR) is 126 cm³/mol. The van der Waals surface area contributed by atoms with Gasteiger partial charge in [-0.25, -0.2) is 17.2 Å². The lowest BCUT2D eigenvalue weighted by molar-refractivity contribution is -0.175. The number of esters is 1. The number of benzene rings is 1. The van der Waals surface area contributed by atoms with Crippen molar-refractivity contribution in [2.75, 3.05) is 12.9 Å². The fourth-order valence-corrected chi connectivity index (χ4v) is 5.88. The second-order valence-electron chi connectivity index (χ2n) is 10.4. The van der Waals surface area contributed by atoms with Gasteiger partial charge < -0.3 is 14.6 Å². The van der Waals surface area contributed by atoms with E-state index in [2.05, 4.69) is 5.10 Å². The van der Waals surface area contributed by atoms with Crippen molar-refractivity contribution >= 4 is 22.0 Å². The summed E-state index contributed by atoms with van der Waals surface area (Å²) in [7, 11) is -3.81. The molecule has 4 rings (SSSR count). The van der Waals surface area contributed by atoms with E-state index in [0.717, 1.165) is 28.5 Å². The summed E-state index contributed by atoms with van der Waals surface area (Å²) in [6.45, 7) is 6.35. The number of hydrogen-bond donors (Lipinski definition) is 1. The number of rotatable bonds is 5. The largest absolute Gasteiger partial charge is 0.480 e. The molecule has 10 nitrogen and oxygen atoms in total. The summed E-state index contributed by atoms with van der Waals surface area (Å²) in [6.07, 6.45) is -0.184. The number of carbonyl (C=O) groups excluding carboxylic acids is 1. The number of carboxylic acids is 1. The van der Waals surface area contributed by atoms with Crippen molar-refractivity contribution in [1.82, 2.24) is 14.1 Å². The minimum absolute atomic E-state index is 0.00887. The third-order valence-corrected chi connectivity index (χ3v) is 7.39. The quantitative estimate of drug-likeness (QED) is 0.568. The van der Waals surface area contributed by atoms with Crippen LogP contribution in [0.2, 0.25) is 0 Å². The molecule has 0 saturated carbocycles. The third kappa shape index (κ3) is 5.25. The normalized spacial score (nSPS) is 24.6. The van der Waals surface area contributed by atoms with Crippen LogP contribution in [0.4, 0.5) is 8.78 Å². The van der Waals surface area contributed by atoms with E-state index in [-0.39, 0.29) is 42.1 Å². The molecule has 2 aromatic rings. The van der Waals surface area contributed by atoms with E-state index in [0.29, 0.717) is 0 Å². The highest BCUT2D eigenvalue weighted by Crippen LogP contribution is 2.44. The number of ether oxygens (including phenoxy) is 2. The summed E-state index contributed by atoms with van der Waals surface area (Å²) >= 11 is 0. The minimum atomic E-state index is -3.81. The maximum atomic E-state index is 14.7. The Morgan fingerprint density at radius 2 is 1.92 bits per heavy atom. The highest BCUT2D eigenvalue weighted by molar-refractivity contribution is 7.89. The van der Waals surface area contributed by atoms with E-state index in [9.17, 15) is 31.9 Å². The van der Waals surface area contributed by atoms with Crippen molar-refractivity contribution in [2.45, 2.75) is 64.4 Å². The number of aryl methyl sites for hydroxylation is 1. The average molecular weight is 542 g/mol. The Labute approximate surface area is 213 Å². The Bertz CT molecular complexity index is 1350. The number of aromatic nitrogens is 2. The summed E-state index contributed by atoms with van der Waals surface area (Å²) in [6, 6.07) is 0.961. The van der Waals surface area contributed by atoms with Gasteiger partial charge in [-0.05, 0) is 52.3 Å². The molecule has 37 heavy (non-hydrogen) atoms. The average Bonchev–Trinajstić information content (AvgIpc) is 3.31. The second kappa shape index (κ2) is 9.44. The van der Waals surface area contributed by atoms with Crippen LogP contribution in [0, 0.1) is 24.5 Å². The van der Waals surface area contributed by atoms with Gasteiger partial charge in [0.2, 0.25) is 0 Å². The molecule has 0 spiro atoms. The van der Waals surface area contributed by atoms with E-state index < -0.39 is 63.3 Å². The maximum absolute atomic E-state index is 14.7. The van der Waals surface area contributed by atoms with Crippen molar-refractivity contribution < 1.29 is 41.4 Å². The number of carbonyl (C=O) groups is 2. The SMILES string of the molecule is Cc1nn(S(C)(=O)=O)c2c1C(C(=O)O)N([C@H]1CO[C@@H](c3cc(F)ccc3F)[C@@H](C(=O)OC(C)(C)C)C1)C2. The monoisotopic (exact) mass is 541 g/mol. The summed E-state index contributed by atoms with van der Waals surface area (Å²) in [5, 5.41) is 14.1. The lowest BCUT2D eigenvalue weighted by atomic mass is 9.86. The summed E-state index contributed by atoms with van der Waals surface area (Å²) in [5.74, 6) is -4.46. The van der Waals surface area contributed by atoms with Crippen LogP contribution in [-0.4, -0.2) is 64.1 Å². The smallest absolute Gasteiger partial charge is 0.325 e. The first-order valence-corrected chi connectivity index (χ1v) is 13.5. The first-order valence-electron chi connectivity index (χ1n) is 11.7. The number of hydrogen-bond acceptors (Lipinski definition) is 8. The first-order chi connectivity index (χ1) is 17.1. The number of aliphatic carboxylic acids is 1. The van der Waals surface area contributed by atoms with E-state index in [1.165, 1.54) is 6.92 Å². The van der Waals surface area contributed by atoms with Gasteiger partial charge in [-0.15, -0.1) is 0 Å². The maximum Gasteiger partial charge on any atom is 0.325 e. The van der Waals surface area contributed by atoms with Gasteiger partial charge in [0.15, 0.2) is 0 Å². The molecule has 0 amide bonds. The van der Waals surface area contributed by atoms with Gasteiger partial charge in [-0.2, -0.15) is 9.19 Å². The molecule has 1 saturated heterocycles. The Morgan fingerprint density at radius 3 is 2.51 bits per heavy atom. The zero-order valence-electron chi connectivity index (χ0n) is 21.1. The molecular formula is C24H29F2N3O7S. The van der Waals surface area contributed by atoms with Gasteiger partial charge in [0.25, 0.3) is 10.0 Å². The fourth-order valence-electron chi connectivity index (χ4n) is 5.06. The zero-order valence-corrected chi connectivity index (χ0v) is 21.9. The summed E-state index contributed by atoms with van der Waals surface area (Å²) < 4.78 is 65.5. The van der Waals surface area contributed by atoms with E-state index in [1.54, 1.807) is 25.7 Å². The van der Waals surface area contributed by atoms with Crippen molar-refractivity contribution in [3.63, 3.8) is 0 Å². The summed E-state index contributed by atoms with van der Waals surface area (Å²) in [5.41, 5.74) is -0.268. The molecular weight excluding hydrogens is 512 g/mol. The molecule has 3 heterocycles. The van der Waals surface area contributed by atoms with Crippen molar-refractivity contribution in [1.29, 1.82) is 0 Å². The van der Waals surface area contributed by atoms with Gasteiger partial charge >= 0.3 is 11.9 Å². The molecule has 0 bridgehead atoms. The zero-order chi connectivity index (χ0) is 27.4. The molecule has 4 atom stereocenters.